The van der Waals surface area contributed by atoms with Crippen LogP contribution in [0.15, 0.2) is 0 Å². The second-order valence-corrected chi connectivity index (χ2v) is 12.0. The molecule has 3 aliphatic carbocycles. The van der Waals surface area contributed by atoms with Crippen molar-refractivity contribution >= 4 is 23.8 Å². The van der Waals surface area contributed by atoms with E-state index in [2.05, 4.69) is 7.05 Å². The van der Waals surface area contributed by atoms with Crippen molar-refractivity contribution in [1.29, 1.82) is 0 Å². The number of carbonyl (C=O) groups excluding carboxylic acids is 4. The van der Waals surface area contributed by atoms with Crippen molar-refractivity contribution in [3.05, 3.63) is 0 Å². The molecule has 0 aromatic rings. The Morgan fingerprint density at radius 3 is 1.97 bits per heavy atom. The maximum atomic E-state index is 13.6. The Balaban J connectivity index is 1.10. The van der Waals surface area contributed by atoms with E-state index in [-0.39, 0.29) is 37.3 Å². The highest BCUT2D eigenvalue weighted by atomic mass is 16.7. The van der Waals surface area contributed by atoms with E-state index in [4.69, 9.17) is 9.57 Å². The lowest BCUT2D eigenvalue weighted by molar-refractivity contribution is -0.949. The summed E-state index contributed by atoms with van der Waals surface area (Å²) in [6.07, 6.45) is 14.5. The summed E-state index contributed by atoms with van der Waals surface area (Å²) in [4.78, 5) is 55.7. The average Bonchev–Trinajstić information content (AvgIpc) is 3.20. The SMILES string of the molecule is C[NH+]1C2CCCCC2C(C(=O)OC2CCC(CCC(=O)ON3C(=O)CCC3=O)CC2)C2CCCCC21. The van der Waals surface area contributed by atoms with Crippen molar-refractivity contribution in [2.75, 3.05) is 7.05 Å². The van der Waals surface area contributed by atoms with Crippen LogP contribution in [0.4, 0.5) is 0 Å². The quantitative estimate of drug-likeness (QED) is 0.443. The molecule has 2 amide bonds. The molecular weight excluding hydrogens is 460 g/mol. The molecular formula is C28H43N2O6+. The highest BCUT2D eigenvalue weighted by Crippen LogP contribution is 2.43. The van der Waals surface area contributed by atoms with Gasteiger partial charge in [0.1, 0.15) is 6.10 Å². The molecule has 36 heavy (non-hydrogen) atoms. The summed E-state index contributed by atoms with van der Waals surface area (Å²) in [5.41, 5.74) is 0. The summed E-state index contributed by atoms with van der Waals surface area (Å²) in [7, 11) is 2.38. The fourth-order valence-electron chi connectivity index (χ4n) is 8.16. The summed E-state index contributed by atoms with van der Waals surface area (Å²) in [6.45, 7) is 0. The van der Waals surface area contributed by atoms with Gasteiger partial charge in [-0.1, -0.05) is 12.8 Å². The smallest absolute Gasteiger partial charge is 0.333 e. The minimum Gasteiger partial charge on any atom is -0.462 e. The molecule has 5 rings (SSSR count). The van der Waals surface area contributed by atoms with Gasteiger partial charge in [-0.15, -0.1) is 5.06 Å². The van der Waals surface area contributed by atoms with Crippen molar-refractivity contribution in [2.45, 2.75) is 121 Å². The molecule has 0 spiro atoms. The molecule has 200 valence electrons. The van der Waals surface area contributed by atoms with Crippen LogP contribution < -0.4 is 4.90 Å². The summed E-state index contributed by atoms with van der Waals surface area (Å²) in [6, 6.07) is 1.22. The molecule has 8 nitrogen and oxygen atoms in total. The Bertz CT molecular complexity index is 813. The highest BCUT2D eigenvalue weighted by molar-refractivity contribution is 6.01. The minimum absolute atomic E-state index is 0.0170. The zero-order valence-electron chi connectivity index (χ0n) is 21.8. The maximum absolute atomic E-state index is 13.6. The Morgan fingerprint density at radius 1 is 0.833 bits per heavy atom. The van der Waals surface area contributed by atoms with E-state index in [1.165, 1.54) is 51.4 Å². The molecule has 0 aromatic heterocycles. The predicted octanol–water partition coefficient (Wildman–Crippen LogP) is 2.74. The number of likely N-dealkylation sites (tertiary alicyclic amines) is 1. The van der Waals surface area contributed by atoms with E-state index in [1.807, 2.05) is 0 Å². The number of nitrogens with zero attached hydrogens (tertiary/aromatic N) is 1. The third-order valence-corrected chi connectivity index (χ3v) is 10.0. The van der Waals surface area contributed by atoms with E-state index in [9.17, 15) is 19.2 Å². The number of amides is 2. The summed E-state index contributed by atoms with van der Waals surface area (Å²) in [5.74, 6) is 0.0535. The van der Waals surface area contributed by atoms with Gasteiger partial charge in [0.25, 0.3) is 11.8 Å². The zero-order valence-corrected chi connectivity index (χ0v) is 21.8. The minimum atomic E-state index is -0.527. The molecule has 8 heteroatoms. The number of ether oxygens (including phenoxy) is 1. The number of hydrogen-bond acceptors (Lipinski definition) is 6. The molecule has 5 aliphatic rings. The van der Waals surface area contributed by atoms with Crippen LogP contribution in [0.25, 0.3) is 0 Å². The fourth-order valence-corrected chi connectivity index (χ4v) is 8.16. The van der Waals surface area contributed by atoms with Gasteiger partial charge in [0.2, 0.25) is 0 Å². The predicted molar refractivity (Wildman–Crippen MR) is 130 cm³/mol. The Morgan fingerprint density at radius 2 is 1.39 bits per heavy atom. The maximum Gasteiger partial charge on any atom is 0.333 e. The molecule has 5 fully saturated rings. The Labute approximate surface area is 214 Å². The van der Waals surface area contributed by atoms with Crippen molar-refractivity contribution in [3.63, 3.8) is 0 Å². The largest absolute Gasteiger partial charge is 0.462 e. The fraction of sp³-hybridized carbons (Fsp3) is 0.857. The lowest BCUT2D eigenvalue weighted by Crippen LogP contribution is -3.20. The number of esters is 1. The number of piperidine rings is 1. The number of imide groups is 1. The molecule has 0 aromatic carbocycles. The molecule has 3 saturated carbocycles. The number of hydrogen-bond donors (Lipinski definition) is 1. The van der Waals surface area contributed by atoms with Crippen molar-refractivity contribution in [2.24, 2.45) is 23.7 Å². The monoisotopic (exact) mass is 503 g/mol. The average molecular weight is 504 g/mol. The van der Waals surface area contributed by atoms with Gasteiger partial charge < -0.3 is 14.5 Å². The first kappa shape index (κ1) is 25.7. The zero-order chi connectivity index (χ0) is 25.2. The van der Waals surface area contributed by atoms with E-state index in [0.717, 1.165) is 25.7 Å². The third-order valence-electron chi connectivity index (χ3n) is 10.0. The van der Waals surface area contributed by atoms with Crippen LogP contribution in [0.2, 0.25) is 0 Å². The van der Waals surface area contributed by atoms with Crippen LogP contribution in [-0.2, 0) is 28.8 Å². The Hall–Kier alpha value is -1.96. The molecule has 4 unspecified atom stereocenters. The van der Waals surface area contributed by atoms with Gasteiger partial charge in [0.05, 0.1) is 25.0 Å². The van der Waals surface area contributed by atoms with E-state index < -0.39 is 17.8 Å². The number of hydroxylamine groups is 2. The van der Waals surface area contributed by atoms with Gasteiger partial charge in [-0.05, 0) is 76.5 Å². The van der Waals surface area contributed by atoms with Crippen molar-refractivity contribution in [1.82, 2.24) is 5.06 Å². The molecule has 0 bridgehead atoms. The van der Waals surface area contributed by atoms with E-state index in [0.29, 0.717) is 41.3 Å². The second-order valence-electron chi connectivity index (χ2n) is 12.0. The van der Waals surface area contributed by atoms with Crippen molar-refractivity contribution in [3.8, 4) is 0 Å². The van der Waals surface area contributed by atoms with Gasteiger partial charge in [0.15, 0.2) is 0 Å². The topological polar surface area (TPSA) is 94.4 Å². The molecule has 4 atom stereocenters. The van der Waals surface area contributed by atoms with Crippen LogP contribution in [0.1, 0.15) is 103 Å². The lowest BCUT2D eigenvalue weighted by Gasteiger charge is -2.52. The van der Waals surface area contributed by atoms with Crippen molar-refractivity contribution < 1.29 is 33.7 Å². The first-order chi connectivity index (χ1) is 17.4. The second kappa shape index (κ2) is 11.2. The summed E-state index contributed by atoms with van der Waals surface area (Å²) >= 11 is 0. The standard InChI is InChI=1S/C28H42N2O6/c1-29-22-8-4-2-6-20(22)27(21-7-3-5-9-23(21)29)28(34)35-19-13-10-18(11-14-19)12-17-26(33)36-30-24(31)15-16-25(30)32/h18-23,27H,2-17H2,1H3/p+1. The molecule has 0 radical (unpaired) electrons. The van der Waals surface area contributed by atoms with Crippen LogP contribution in [0.5, 0.6) is 0 Å². The van der Waals surface area contributed by atoms with Gasteiger partial charge >= 0.3 is 11.9 Å². The van der Waals surface area contributed by atoms with Crippen LogP contribution in [0.3, 0.4) is 0 Å². The van der Waals surface area contributed by atoms with Gasteiger partial charge in [-0.3, -0.25) is 14.4 Å². The highest BCUT2D eigenvalue weighted by Gasteiger charge is 2.55. The lowest BCUT2D eigenvalue weighted by atomic mass is 9.62. The number of quaternary nitrogens is 1. The first-order valence-electron chi connectivity index (χ1n) is 14.5. The van der Waals surface area contributed by atoms with Gasteiger partial charge in [0, 0.05) is 31.1 Å². The van der Waals surface area contributed by atoms with Gasteiger partial charge in [-0.2, -0.15) is 0 Å². The van der Waals surface area contributed by atoms with E-state index in [1.54, 1.807) is 4.90 Å². The van der Waals surface area contributed by atoms with Crippen LogP contribution in [-0.4, -0.2) is 54.1 Å². The summed E-state index contributed by atoms with van der Waals surface area (Å²) in [5, 5.41) is 0.622. The van der Waals surface area contributed by atoms with Gasteiger partial charge in [-0.25, -0.2) is 4.79 Å². The van der Waals surface area contributed by atoms with E-state index >= 15 is 0 Å². The van der Waals surface area contributed by atoms with Crippen LogP contribution >= 0.6 is 0 Å². The molecule has 2 aliphatic heterocycles. The Kier molecular flexibility index (Phi) is 7.99. The normalized spacial score (nSPS) is 38.8. The molecule has 1 N–H and O–H groups in total. The molecule has 2 heterocycles. The number of carbonyl (C=O) groups is 4. The number of fused-ring (bicyclic) bond motifs is 2. The third kappa shape index (κ3) is 5.34. The molecule has 2 saturated heterocycles. The summed E-state index contributed by atoms with van der Waals surface area (Å²) < 4.78 is 6.23. The van der Waals surface area contributed by atoms with Crippen LogP contribution in [0, 0.1) is 23.7 Å². The number of nitrogens with one attached hydrogen (secondary N) is 1. The number of rotatable bonds is 6. The first-order valence-corrected chi connectivity index (χ1v) is 14.5.